The highest BCUT2D eigenvalue weighted by Gasteiger charge is 2.21. The van der Waals surface area contributed by atoms with Gasteiger partial charge in [-0.1, -0.05) is 24.8 Å². The van der Waals surface area contributed by atoms with Crippen LogP contribution in [0.4, 0.5) is 0 Å². The molecule has 0 spiro atoms. The number of allylic oxidation sites excluding steroid dienone is 1. The molecule has 1 N–H and O–H groups in total. The summed E-state index contributed by atoms with van der Waals surface area (Å²) in [6, 6.07) is 17.6. The fourth-order valence-electron chi connectivity index (χ4n) is 5.47. The summed E-state index contributed by atoms with van der Waals surface area (Å²) in [7, 11) is 0. The molecule has 1 aliphatic heterocycles. The number of piperidine rings is 1. The van der Waals surface area contributed by atoms with Crippen molar-refractivity contribution in [2.45, 2.75) is 32.7 Å². The number of aromatic nitrogens is 3. The molecule has 4 heterocycles. The van der Waals surface area contributed by atoms with Crippen LogP contribution in [0, 0.1) is 17.2 Å². The molecule has 1 saturated heterocycles. The predicted molar refractivity (Wildman–Crippen MR) is 165 cm³/mol. The first-order chi connectivity index (χ1) is 19.9. The monoisotopic (exact) mass is 561 g/mol. The summed E-state index contributed by atoms with van der Waals surface area (Å²) in [5.41, 5.74) is 3.63. The molecule has 0 aliphatic carbocycles. The lowest BCUT2D eigenvalue weighted by Crippen LogP contribution is -2.30. The van der Waals surface area contributed by atoms with Crippen LogP contribution in [0.1, 0.15) is 49.4 Å². The quantitative estimate of drug-likeness (QED) is 0.242. The van der Waals surface area contributed by atoms with Gasteiger partial charge in [0.15, 0.2) is 11.6 Å². The van der Waals surface area contributed by atoms with Gasteiger partial charge in [-0.05, 0) is 87.2 Å². The van der Waals surface area contributed by atoms with E-state index in [2.05, 4.69) is 27.9 Å². The van der Waals surface area contributed by atoms with Crippen molar-refractivity contribution in [2.75, 3.05) is 19.7 Å². The Morgan fingerprint density at radius 3 is 2.68 bits per heavy atom. The van der Waals surface area contributed by atoms with Crippen LogP contribution in [0.3, 0.4) is 0 Å². The van der Waals surface area contributed by atoms with Crippen LogP contribution >= 0.6 is 11.3 Å². The molecule has 1 atom stereocenters. The first-order valence-electron chi connectivity index (χ1n) is 13.9. The molecule has 206 valence electrons. The third kappa shape index (κ3) is 5.26. The molecular formula is C33H31N5O2S. The summed E-state index contributed by atoms with van der Waals surface area (Å²) in [5, 5.41) is 14.8. The molecular weight excluding hydrogens is 530 g/mol. The molecule has 6 rings (SSSR count). The molecule has 0 unspecified atom stereocenters. The molecule has 0 saturated carbocycles. The van der Waals surface area contributed by atoms with Crippen molar-refractivity contribution in [3.63, 3.8) is 0 Å². The van der Waals surface area contributed by atoms with Gasteiger partial charge in [-0.15, -0.1) is 11.3 Å². The molecule has 5 aromatic rings. The zero-order valence-electron chi connectivity index (χ0n) is 23.2. The number of rotatable bonds is 7. The maximum absolute atomic E-state index is 13.8. The van der Waals surface area contributed by atoms with E-state index in [-0.39, 0.29) is 11.6 Å². The van der Waals surface area contributed by atoms with Crippen molar-refractivity contribution in [1.29, 1.82) is 5.26 Å². The minimum Gasteiger partial charge on any atom is -0.490 e. The van der Waals surface area contributed by atoms with Crippen LogP contribution in [0.2, 0.25) is 0 Å². The van der Waals surface area contributed by atoms with Crippen LogP contribution in [-0.4, -0.2) is 34.2 Å². The van der Waals surface area contributed by atoms with Crippen LogP contribution < -0.4 is 15.6 Å². The Hall–Kier alpha value is -4.32. The van der Waals surface area contributed by atoms with Crippen LogP contribution in [0.25, 0.3) is 37.3 Å². The SMILES string of the molecule is C=C(C)c1cc2c3cc(C#N)ccc3sc2n([C@@H](C)c2cccc(-c3ncc(OCC4CCNCC4)cn3)c2)c1=O. The van der Waals surface area contributed by atoms with Gasteiger partial charge in [-0.3, -0.25) is 9.36 Å². The van der Waals surface area contributed by atoms with Gasteiger partial charge in [0.05, 0.1) is 36.7 Å². The van der Waals surface area contributed by atoms with E-state index >= 15 is 0 Å². The molecule has 0 bridgehead atoms. The van der Waals surface area contributed by atoms with E-state index in [0.717, 1.165) is 57.4 Å². The van der Waals surface area contributed by atoms with Gasteiger partial charge in [0.25, 0.3) is 5.56 Å². The topological polar surface area (TPSA) is 92.8 Å². The minimum atomic E-state index is -0.264. The normalized spacial score (nSPS) is 14.7. The highest BCUT2D eigenvalue weighted by atomic mass is 32.1. The first-order valence-corrected chi connectivity index (χ1v) is 14.7. The van der Waals surface area contributed by atoms with Crippen molar-refractivity contribution in [1.82, 2.24) is 19.9 Å². The number of fused-ring (bicyclic) bond motifs is 3. The average molecular weight is 562 g/mol. The van der Waals surface area contributed by atoms with Gasteiger partial charge in [0, 0.05) is 26.6 Å². The second-order valence-corrected chi connectivity index (χ2v) is 11.7. The van der Waals surface area contributed by atoms with Gasteiger partial charge in [-0.2, -0.15) is 5.26 Å². The Morgan fingerprint density at radius 2 is 1.95 bits per heavy atom. The highest BCUT2D eigenvalue weighted by molar-refractivity contribution is 7.25. The smallest absolute Gasteiger partial charge is 0.259 e. The third-order valence-corrected chi connectivity index (χ3v) is 9.03. The van der Waals surface area contributed by atoms with Gasteiger partial charge in [0.2, 0.25) is 0 Å². The molecule has 8 heteroatoms. The summed E-state index contributed by atoms with van der Waals surface area (Å²) >= 11 is 1.56. The first kappa shape index (κ1) is 26.9. The number of ether oxygens (including phenoxy) is 1. The highest BCUT2D eigenvalue weighted by Crippen LogP contribution is 2.37. The Labute approximate surface area is 242 Å². The zero-order valence-corrected chi connectivity index (χ0v) is 24.0. The van der Waals surface area contributed by atoms with E-state index in [1.807, 2.05) is 66.9 Å². The Balaban J connectivity index is 1.34. The summed E-state index contributed by atoms with van der Waals surface area (Å²) in [6.45, 7) is 10.7. The zero-order chi connectivity index (χ0) is 28.5. The lowest BCUT2D eigenvalue weighted by molar-refractivity contribution is 0.214. The summed E-state index contributed by atoms with van der Waals surface area (Å²) in [5.74, 6) is 1.83. The minimum absolute atomic E-state index is 0.0820. The van der Waals surface area contributed by atoms with Crippen molar-refractivity contribution in [3.05, 3.63) is 94.5 Å². The number of nitrogens with one attached hydrogen (secondary N) is 1. The number of hydrogen-bond acceptors (Lipinski definition) is 7. The van der Waals surface area contributed by atoms with Crippen molar-refractivity contribution < 1.29 is 4.74 Å². The predicted octanol–water partition coefficient (Wildman–Crippen LogP) is 6.57. The number of nitriles is 1. The van der Waals surface area contributed by atoms with Gasteiger partial charge < -0.3 is 10.1 Å². The number of thiophene rings is 1. The van der Waals surface area contributed by atoms with Gasteiger partial charge >= 0.3 is 0 Å². The summed E-state index contributed by atoms with van der Waals surface area (Å²) in [4.78, 5) is 23.9. The van der Waals surface area contributed by atoms with Gasteiger partial charge in [0.1, 0.15) is 4.83 Å². The van der Waals surface area contributed by atoms with E-state index in [1.54, 1.807) is 23.7 Å². The maximum atomic E-state index is 13.8. The Bertz CT molecular complexity index is 1860. The van der Waals surface area contributed by atoms with Crippen molar-refractivity contribution in [3.8, 4) is 23.2 Å². The van der Waals surface area contributed by atoms with Crippen molar-refractivity contribution >= 4 is 37.2 Å². The van der Waals surface area contributed by atoms with E-state index in [9.17, 15) is 10.1 Å². The van der Waals surface area contributed by atoms with Crippen LogP contribution in [0.5, 0.6) is 5.75 Å². The number of hydrogen-bond donors (Lipinski definition) is 1. The third-order valence-electron chi connectivity index (χ3n) is 7.84. The maximum Gasteiger partial charge on any atom is 0.259 e. The molecule has 0 radical (unpaired) electrons. The Morgan fingerprint density at radius 1 is 1.17 bits per heavy atom. The number of pyridine rings is 1. The molecule has 41 heavy (non-hydrogen) atoms. The molecule has 1 aliphatic rings. The van der Waals surface area contributed by atoms with Crippen LogP contribution in [0.15, 0.2) is 72.3 Å². The molecule has 0 amide bonds. The fraction of sp³-hybridized carbons (Fsp3) is 0.273. The molecule has 7 nitrogen and oxygen atoms in total. The van der Waals surface area contributed by atoms with E-state index < -0.39 is 0 Å². The molecule has 3 aromatic heterocycles. The molecule has 2 aromatic carbocycles. The standard InChI is InChI=1S/C33H31N5O2S/c1-20(2)27-15-29-28-13-23(16-34)7-8-30(28)41-33(29)38(32(27)39)21(3)24-5-4-6-25(14-24)31-36-17-26(18-37-31)40-19-22-9-11-35-12-10-22/h4-8,13-15,17-18,21-22,35H,1,9-12,19H2,2-3H3/t21-/m0/s1. The second-order valence-electron chi connectivity index (χ2n) is 10.7. The van der Waals surface area contributed by atoms with E-state index in [4.69, 9.17) is 4.74 Å². The summed E-state index contributed by atoms with van der Waals surface area (Å²) < 4.78 is 8.85. The lowest BCUT2D eigenvalue weighted by atomic mass is 9.99. The second kappa shape index (κ2) is 11.3. The number of nitrogens with zero attached hydrogens (tertiary/aromatic N) is 4. The average Bonchev–Trinajstić information content (AvgIpc) is 3.37. The molecule has 1 fully saturated rings. The number of benzene rings is 2. The van der Waals surface area contributed by atoms with E-state index in [0.29, 0.717) is 40.8 Å². The van der Waals surface area contributed by atoms with Gasteiger partial charge in [-0.25, -0.2) is 9.97 Å². The summed E-state index contributed by atoms with van der Waals surface area (Å²) in [6.07, 6.45) is 5.71. The van der Waals surface area contributed by atoms with E-state index in [1.165, 1.54) is 0 Å². The Kier molecular flexibility index (Phi) is 7.39. The van der Waals surface area contributed by atoms with Crippen molar-refractivity contribution in [2.24, 2.45) is 5.92 Å². The largest absolute Gasteiger partial charge is 0.490 e. The fourth-order valence-corrected chi connectivity index (χ4v) is 6.71. The van der Waals surface area contributed by atoms with Crippen LogP contribution in [-0.2, 0) is 0 Å². The lowest BCUT2D eigenvalue weighted by Gasteiger charge is -2.22.